The predicted molar refractivity (Wildman–Crippen MR) is 83.2 cm³/mol. The van der Waals surface area contributed by atoms with Gasteiger partial charge in [-0.05, 0) is 37.0 Å². The van der Waals surface area contributed by atoms with Gasteiger partial charge in [-0.3, -0.25) is 4.79 Å². The van der Waals surface area contributed by atoms with E-state index < -0.39 is 9.84 Å². The van der Waals surface area contributed by atoms with E-state index in [0.717, 1.165) is 5.56 Å². The van der Waals surface area contributed by atoms with Gasteiger partial charge in [0.05, 0.1) is 17.2 Å². The summed E-state index contributed by atoms with van der Waals surface area (Å²) in [6, 6.07) is 7.18. The SMILES string of the molecule is C/C(=N/NC(=O)C[C@@H]1CCS(=O)(=O)C1)c1cccc(Cl)c1. The number of sulfone groups is 1. The molecule has 1 N–H and O–H groups in total. The van der Waals surface area contributed by atoms with E-state index in [1.807, 2.05) is 12.1 Å². The van der Waals surface area contributed by atoms with Crippen LogP contribution in [0.4, 0.5) is 0 Å². The van der Waals surface area contributed by atoms with Crippen LogP contribution >= 0.6 is 11.6 Å². The topological polar surface area (TPSA) is 75.6 Å². The first-order chi connectivity index (χ1) is 9.85. The van der Waals surface area contributed by atoms with Crippen molar-refractivity contribution in [2.45, 2.75) is 19.8 Å². The molecule has 0 radical (unpaired) electrons. The van der Waals surface area contributed by atoms with E-state index in [-0.39, 0.29) is 29.8 Å². The maximum absolute atomic E-state index is 11.8. The maximum atomic E-state index is 11.8. The van der Waals surface area contributed by atoms with E-state index in [1.54, 1.807) is 19.1 Å². The second-order valence-electron chi connectivity index (χ2n) is 5.22. The van der Waals surface area contributed by atoms with Gasteiger partial charge in [0, 0.05) is 11.4 Å². The summed E-state index contributed by atoms with van der Waals surface area (Å²) in [5, 5.41) is 4.62. The van der Waals surface area contributed by atoms with Crippen molar-refractivity contribution < 1.29 is 13.2 Å². The Kier molecular flexibility index (Phi) is 5.00. The molecule has 0 saturated carbocycles. The molecule has 1 aliphatic heterocycles. The molecule has 1 aromatic carbocycles. The van der Waals surface area contributed by atoms with Gasteiger partial charge in [0.25, 0.3) is 0 Å². The van der Waals surface area contributed by atoms with Crippen LogP contribution in [0.15, 0.2) is 29.4 Å². The second-order valence-corrected chi connectivity index (χ2v) is 7.88. The zero-order chi connectivity index (χ0) is 15.5. The van der Waals surface area contributed by atoms with Gasteiger partial charge in [0.1, 0.15) is 0 Å². The molecule has 0 unspecified atom stereocenters. The van der Waals surface area contributed by atoms with E-state index in [2.05, 4.69) is 10.5 Å². The van der Waals surface area contributed by atoms with Crippen LogP contribution in [-0.4, -0.2) is 31.5 Å². The summed E-state index contributed by atoms with van der Waals surface area (Å²) < 4.78 is 22.7. The lowest BCUT2D eigenvalue weighted by Gasteiger charge is -2.06. The first-order valence-corrected chi connectivity index (χ1v) is 8.85. The normalized spacial score (nSPS) is 21.2. The molecule has 0 aliphatic carbocycles. The number of amides is 1. The van der Waals surface area contributed by atoms with Crippen LogP contribution in [0.25, 0.3) is 0 Å². The van der Waals surface area contributed by atoms with Crippen molar-refractivity contribution in [3.63, 3.8) is 0 Å². The predicted octanol–water partition coefficient (Wildman–Crippen LogP) is 2.00. The number of nitrogens with zero attached hydrogens (tertiary/aromatic N) is 1. The number of carbonyl (C=O) groups is 1. The largest absolute Gasteiger partial charge is 0.273 e. The highest BCUT2D eigenvalue weighted by molar-refractivity contribution is 7.91. The zero-order valence-corrected chi connectivity index (χ0v) is 13.2. The van der Waals surface area contributed by atoms with Crippen molar-refractivity contribution in [2.24, 2.45) is 11.0 Å². The van der Waals surface area contributed by atoms with Crippen molar-refractivity contribution in [1.82, 2.24) is 5.43 Å². The fraction of sp³-hybridized carbons (Fsp3) is 0.429. The Bertz CT molecular complexity index is 671. The molecule has 7 heteroatoms. The Morgan fingerprint density at radius 1 is 1.48 bits per heavy atom. The monoisotopic (exact) mass is 328 g/mol. The molecule has 1 amide bonds. The van der Waals surface area contributed by atoms with Crippen LogP contribution < -0.4 is 5.43 Å². The number of benzene rings is 1. The molecule has 1 aromatic rings. The van der Waals surface area contributed by atoms with Gasteiger partial charge in [-0.2, -0.15) is 5.10 Å². The Labute approximate surface area is 129 Å². The van der Waals surface area contributed by atoms with Crippen molar-refractivity contribution in [1.29, 1.82) is 0 Å². The van der Waals surface area contributed by atoms with E-state index >= 15 is 0 Å². The molecule has 1 saturated heterocycles. The Hall–Kier alpha value is -1.40. The molecule has 1 aliphatic rings. The number of hydrazone groups is 1. The first kappa shape index (κ1) is 16.0. The van der Waals surface area contributed by atoms with E-state index in [1.165, 1.54) is 0 Å². The highest BCUT2D eigenvalue weighted by Crippen LogP contribution is 2.21. The number of nitrogens with one attached hydrogen (secondary N) is 1. The van der Waals surface area contributed by atoms with Crippen molar-refractivity contribution in [2.75, 3.05) is 11.5 Å². The van der Waals surface area contributed by atoms with Crippen LogP contribution in [0.5, 0.6) is 0 Å². The second kappa shape index (κ2) is 6.58. The number of carbonyl (C=O) groups excluding carboxylic acids is 1. The summed E-state index contributed by atoms with van der Waals surface area (Å²) in [7, 11) is -2.95. The highest BCUT2D eigenvalue weighted by Gasteiger charge is 2.29. The number of rotatable bonds is 4. The third-order valence-corrected chi connectivity index (χ3v) is 5.46. The lowest BCUT2D eigenvalue weighted by atomic mass is 10.1. The molecule has 5 nitrogen and oxygen atoms in total. The summed E-state index contributed by atoms with van der Waals surface area (Å²) in [6.45, 7) is 1.77. The smallest absolute Gasteiger partial charge is 0.240 e. The fourth-order valence-corrected chi connectivity index (χ4v) is 4.32. The minimum absolute atomic E-state index is 0.0947. The van der Waals surface area contributed by atoms with Gasteiger partial charge in [-0.25, -0.2) is 13.8 Å². The van der Waals surface area contributed by atoms with Gasteiger partial charge in [-0.1, -0.05) is 23.7 Å². The molecule has 0 spiro atoms. The molecule has 1 heterocycles. The van der Waals surface area contributed by atoms with E-state index in [4.69, 9.17) is 11.6 Å². The van der Waals surface area contributed by atoms with Gasteiger partial charge in [0.2, 0.25) is 5.91 Å². The van der Waals surface area contributed by atoms with Crippen LogP contribution in [-0.2, 0) is 14.6 Å². The number of halogens is 1. The molecular weight excluding hydrogens is 312 g/mol. The van der Waals surface area contributed by atoms with Gasteiger partial charge in [0.15, 0.2) is 9.84 Å². The quantitative estimate of drug-likeness (QED) is 0.678. The molecule has 1 atom stereocenters. The molecule has 0 bridgehead atoms. The summed E-state index contributed by atoms with van der Waals surface area (Å²) in [5.41, 5.74) is 3.93. The van der Waals surface area contributed by atoms with Crippen molar-refractivity contribution in [3.05, 3.63) is 34.9 Å². The Balaban J connectivity index is 1.90. The molecule has 114 valence electrons. The third kappa shape index (κ3) is 4.82. The fourth-order valence-electron chi connectivity index (χ4n) is 2.27. The molecule has 1 fully saturated rings. The van der Waals surface area contributed by atoms with E-state index in [9.17, 15) is 13.2 Å². The van der Waals surface area contributed by atoms with Crippen LogP contribution in [0.1, 0.15) is 25.3 Å². The molecular formula is C14H17ClN2O3S. The Morgan fingerprint density at radius 2 is 2.24 bits per heavy atom. The van der Waals surface area contributed by atoms with Gasteiger partial charge >= 0.3 is 0 Å². The molecule has 21 heavy (non-hydrogen) atoms. The number of hydrogen-bond acceptors (Lipinski definition) is 4. The Morgan fingerprint density at radius 3 is 2.86 bits per heavy atom. The third-order valence-electron chi connectivity index (χ3n) is 3.39. The standard InChI is InChI=1S/C14H17ClN2O3S/c1-10(12-3-2-4-13(15)8-12)16-17-14(18)7-11-5-6-21(19,20)9-11/h2-4,8,11H,5-7,9H2,1H3,(H,17,18)/b16-10-/t11-/m0/s1. The summed E-state index contributed by atoms with van der Waals surface area (Å²) in [6.07, 6.45) is 0.734. The van der Waals surface area contributed by atoms with Gasteiger partial charge in [-0.15, -0.1) is 0 Å². The summed E-state index contributed by atoms with van der Waals surface area (Å²) >= 11 is 5.89. The molecule has 0 aromatic heterocycles. The maximum Gasteiger partial charge on any atom is 0.240 e. The number of hydrogen-bond donors (Lipinski definition) is 1. The first-order valence-electron chi connectivity index (χ1n) is 6.65. The highest BCUT2D eigenvalue weighted by atomic mass is 35.5. The van der Waals surface area contributed by atoms with Crippen LogP contribution in [0.2, 0.25) is 5.02 Å². The molecule has 2 rings (SSSR count). The minimum Gasteiger partial charge on any atom is -0.273 e. The van der Waals surface area contributed by atoms with Gasteiger partial charge < -0.3 is 0 Å². The van der Waals surface area contributed by atoms with Crippen molar-refractivity contribution >= 4 is 33.1 Å². The average Bonchev–Trinajstić information content (AvgIpc) is 2.75. The van der Waals surface area contributed by atoms with Crippen molar-refractivity contribution in [3.8, 4) is 0 Å². The lowest BCUT2D eigenvalue weighted by Crippen LogP contribution is -2.22. The minimum atomic E-state index is -2.95. The summed E-state index contributed by atoms with van der Waals surface area (Å²) in [4.78, 5) is 11.8. The van der Waals surface area contributed by atoms with E-state index in [0.29, 0.717) is 17.2 Å². The van der Waals surface area contributed by atoms with Crippen LogP contribution in [0.3, 0.4) is 0 Å². The average molecular weight is 329 g/mol. The lowest BCUT2D eigenvalue weighted by molar-refractivity contribution is -0.121. The summed E-state index contributed by atoms with van der Waals surface area (Å²) in [5.74, 6) is -0.0946. The van der Waals surface area contributed by atoms with Crippen LogP contribution in [0, 0.1) is 5.92 Å². The zero-order valence-electron chi connectivity index (χ0n) is 11.7.